The van der Waals surface area contributed by atoms with E-state index in [0.717, 1.165) is 6.42 Å². The lowest BCUT2D eigenvalue weighted by Gasteiger charge is -2.25. The molecular weight excluding hydrogens is 276 g/mol. The summed E-state index contributed by atoms with van der Waals surface area (Å²) in [4.78, 5) is 0.232. The van der Waals surface area contributed by atoms with E-state index in [1.54, 1.807) is 20.9 Å². The van der Waals surface area contributed by atoms with E-state index in [4.69, 9.17) is 10.2 Å². The highest BCUT2D eigenvalue weighted by molar-refractivity contribution is 7.89. The topological polar surface area (TPSA) is 76.5 Å². The maximum atomic E-state index is 12.8. The summed E-state index contributed by atoms with van der Waals surface area (Å²) in [6.07, 6.45) is 0.809. The quantitative estimate of drug-likeness (QED) is 0.875. The highest BCUT2D eigenvalue weighted by atomic mass is 32.2. The van der Waals surface area contributed by atoms with E-state index in [1.165, 1.54) is 4.31 Å². The fourth-order valence-electron chi connectivity index (χ4n) is 2.50. The maximum absolute atomic E-state index is 12.8. The van der Waals surface area contributed by atoms with Gasteiger partial charge >= 0.3 is 0 Å². The van der Waals surface area contributed by atoms with Crippen LogP contribution < -0.4 is 5.73 Å². The lowest BCUT2D eigenvalue weighted by Crippen LogP contribution is -2.36. The van der Waals surface area contributed by atoms with Crippen LogP contribution in [0.1, 0.15) is 44.3 Å². The van der Waals surface area contributed by atoms with Crippen molar-refractivity contribution in [3.05, 3.63) is 17.1 Å². The predicted molar refractivity (Wildman–Crippen MR) is 79.9 cm³/mol. The second-order valence-corrected chi connectivity index (χ2v) is 7.66. The average molecular weight is 302 g/mol. The SMILES string of the molecule is Cc1oc(C)c(S(=O)(=O)N(C)C(C)CC(C)C)c1CN. The first-order valence-corrected chi connectivity index (χ1v) is 8.33. The van der Waals surface area contributed by atoms with E-state index in [2.05, 4.69) is 13.8 Å². The van der Waals surface area contributed by atoms with E-state index in [9.17, 15) is 8.42 Å². The highest BCUT2D eigenvalue weighted by Crippen LogP contribution is 2.30. The smallest absolute Gasteiger partial charge is 0.246 e. The molecule has 1 aromatic rings. The van der Waals surface area contributed by atoms with Crippen LogP contribution in [0.4, 0.5) is 0 Å². The Labute approximate surface area is 122 Å². The Morgan fingerprint density at radius 1 is 1.20 bits per heavy atom. The van der Waals surface area contributed by atoms with Gasteiger partial charge in [0.25, 0.3) is 0 Å². The van der Waals surface area contributed by atoms with Crippen molar-refractivity contribution in [2.45, 2.75) is 58.5 Å². The van der Waals surface area contributed by atoms with Crippen molar-refractivity contribution in [3.8, 4) is 0 Å². The molecule has 0 saturated carbocycles. The van der Waals surface area contributed by atoms with E-state index in [-0.39, 0.29) is 17.5 Å². The molecule has 1 unspecified atom stereocenters. The third-order valence-electron chi connectivity index (χ3n) is 3.60. The molecule has 0 aromatic carbocycles. The number of nitrogens with two attached hydrogens (primary N) is 1. The molecule has 0 radical (unpaired) electrons. The number of hydrogen-bond acceptors (Lipinski definition) is 4. The molecule has 1 heterocycles. The van der Waals surface area contributed by atoms with Crippen LogP contribution in [0.2, 0.25) is 0 Å². The molecule has 0 aliphatic carbocycles. The molecule has 0 aliphatic heterocycles. The molecule has 0 spiro atoms. The summed E-state index contributed by atoms with van der Waals surface area (Å²) in [6.45, 7) is 9.64. The van der Waals surface area contributed by atoms with Gasteiger partial charge in [0.2, 0.25) is 10.0 Å². The summed E-state index contributed by atoms with van der Waals surface area (Å²) >= 11 is 0. The molecule has 1 aromatic heterocycles. The van der Waals surface area contributed by atoms with Gasteiger partial charge in [-0.25, -0.2) is 8.42 Å². The van der Waals surface area contributed by atoms with Crippen LogP contribution in [-0.2, 0) is 16.6 Å². The molecule has 1 atom stereocenters. The van der Waals surface area contributed by atoms with E-state index in [1.807, 2.05) is 6.92 Å². The van der Waals surface area contributed by atoms with Gasteiger partial charge in [0, 0.05) is 25.2 Å². The second kappa shape index (κ2) is 6.28. The third kappa shape index (κ3) is 3.24. The first-order valence-electron chi connectivity index (χ1n) is 6.89. The Balaban J connectivity index is 3.23. The molecule has 1 rings (SSSR count). The van der Waals surface area contributed by atoms with Gasteiger partial charge in [0.05, 0.1) is 0 Å². The number of rotatable bonds is 6. The molecule has 2 N–H and O–H groups in total. The van der Waals surface area contributed by atoms with Gasteiger partial charge < -0.3 is 10.2 Å². The minimum Gasteiger partial charge on any atom is -0.465 e. The Bertz CT molecular complexity index is 561. The molecule has 116 valence electrons. The van der Waals surface area contributed by atoms with Crippen LogP contribution in [0.25, 0.3) is 0 Å². The van der Waals surface area contributed by atoms with Crippen LogP contribution in [0.15, 0.2) is 9.31 Å². The van der Waals surface area contributed by atoms with Crippen LogP contribution in [0.5, 0.6) is 0 Å². The van der Waals surface area contributed by atoms with Crippen molar-refractivity contribution in [2.75, 3.05) is 7.05 Å². The monoisotopic (exact) mass is 302 g/mol. The summed E-state index contributed by atoms with van der Waals surface area (Å²) in [7, 11) is -1.96. The van der Waals surface area contributed by atoms with Crippen LogP contribution >= 0.6 is 0 Å². The predicted octanol–water partition coefficient (Wildman–Crippen LogP) is 2.41. The fourth-order valence-corrected chi connectivity index (χ4v) is 4.29. The minimum atomic E-state index is -3.58. The van der Waals surface area contributed by atoms with Gasteiger partial charge in [-0.05, 0) is 33.1 Å². The number of hydrogen-bond donors (Lipinski definition) is 1. The van der Waals surface area contributed by atoms with Crippen LogP contribution in [0, 0.1) is 19.8 Å². The molecule has 0 amide bonds. The highest BCUT2D eigenvalue weighted by Gasteiger charge is 2.32. The molecule has 0 bridgehead atoms. The van der Waals surface area contributed by atoms with Crippen molar-refractivity contribution in [3.63, 3.8) is 0 Å². The van der Waals surface area contributed by atoms with Crippen molar-refractivity contribution >= 4 is 10.0 Å². The first-order chi connectivity index (χ1) is 9.12. The molecule has 5 nitrogen and oxygen atoms in total. The largest absolute Gasteiger partial charge is 0.465 e. The van der Waals surface area contributed by atoms with Crippen molar-refractivity contribution in [1.29, 1.82) is 0 Å². The average Bonchev–Trinajstić information content (AvgIpc) is 2.61. The van der Waals surface area contributed by atoms with Gasteiger partial charge in [0.1, 0.15) is 16.4 Å². The first kappa shape index (κ1) is 17.2. The van der Waals surface area contributed by atoms with Gasteiger partial charge in [-0.3, -0.25) is 0 Å². The van der Waals surface area contributed by atoms with Crippen molar-refractivity contribution < 1.29 is 12.8 Å². The molecular formula is C14H26N2O3S. The summed E-state index contributed by atoms with van der Waals surface area (Å²) in [6, 6.07) is -0.0692. The Morgan fingerprint density at radius 3 is 2.20 bits per heavy atom. The minimum absolute atomic E-state index is 0.0692. The standard InChI is InChI=1S/C14H26N2O3S/c1-9(2)7-10(3)16(6)20(17,18)14-12(5)19-11(4)13(14)8-15/h9-10H,7-8,15H2,1-6H3. The van der Waals surface area contributed by atoms with Gasteiger partial charge in [-0.15, -0.1) is 0 Å². The molecule has 6 heteroatoms. The van der Waals surface area contributed by atoms with E-state index < -0.39 is 10.0 Å². The van der Waals surface area contributed by atoms with E-state index >= 15 is 0 Å². The summed E-state index contributed by atoms with van der Waals surface area (Å²) < 4.78 is 32.4. The van der Waals surface area contributed by atoms with Crippen LogP contribution in [-0.4, -0.2) is 25.8 Å². The number of sulfonamides is 1. The lowest BCUT2D eigenvalue weighted by atomic mass is 10.1. The summed E-state index contributed by atoms with van der Waals surface area (Å²) in [5.41, 5.74) is 6.25. The molecule has 0 fully saturated rings. The van der Waals surface area contributed by atoms with Gasteiger partial charge in [-0.2, -0.15) is 4.31 Å². The number of nitrogens with zero attached hydrogens (tertiary/aromatic N) is 1. The van der Waals surface area contributed by atoms with Crippen molar-refractivity contribution in [2.24, 2.45) is 11.7 Å². The second-order valence-electron chi connectivity index (χ2n) is 5.73. The molecule has 0 aliphatic rings. The summed E-state index contributed by atoms with van der Waals surface area (Å²) in [5.74, 6) is 1.42. The van der Waals surface area contributed by atoms with Crippen molar-refractivity contribution in [1.82, 2.24) is 4.31 Å². The van der Waals surface area contributed by atoms with Gasteiger partial charge in [-0.1, -0.05) is 13.8 Å². The van der Waals surface area contributed by atoms with Crippen LogP contribution in [0.3, 0.4) is 0 Å². The maximum Gasteiger partial charge on any atom is 0.246 e. The molecule has 20 heavy (non-hydrogen) atoms. The zero-order valence-corrected chi connectivity index (χ0v) is 14.0. The van der Waals surface area contributed by atoms with Gasteiger partial charge in [0.15, 0.2) is 0 Å². The number of furan rings is 1. The zero-order chi connectivity index (χ0) is 15.7. The zero-order valence-electron chi connectivity index (χ0n) is 13.2. The normalized spacial score (nSPS) is 14.2. The van der Waals surface area contributed by atoms with E-state index in [0.29, 0.717) is 23.0 Å². The Kier molecular flexibility index (Phi) is 5.40. The number of aryl methyl sites for hydroxylation is 2. The Hall–Kier alpha value is -0.850. The lowest BCUT2D eigenvalue weighted by molar-refractivity contribution is 0.337. The Morgan fingerprint density at radius 2 is 1.75 bits per heavy atom. The fraction of sp³-hybridized carbons (Fsp3) is 0.714. The molecule has 0 saturated heterocycles. The summed E-state index contributed by atoms with van der Waals surface area (Å²) in [5, 5.41) is 0. The third-order valence-corrected chi connectivity index (χ3v) is 5.77.